The fourth-order valence-corrected chi connectivity index (χ4v) is 1.66. The van der Waals surface area contributed by atoms with Gasteiger partial charge in [-0.1, -0.05) is 36.4 Å². The number of nitrogens with two attached hydrogens (primary N) is 1. The molecule has 0 saturated carbocycles. The van der Waals surface area contributed by atoms with Crippen LogP contribution in [0.3, 0.4) is 0 Å². The van der Waals surface area contributed by atoms with Crippen molar-refractivity contribution in [2.45, 2.75) is 6.54 Å². The Bertz CT molecular complexity index is 477. The summed E-state index contributed by atoms with van der Waals surface area (Å²) in [5.74, 6) is 0. The van der Waals surface area contributed by atoms with E-state index in [2.05, 4.69) is 0 Å². The lowest BCUT2D eigenvalue weighted by molar-refractivity contribution is 0.112. The van der Waals surface area contributed by atoms with Gasteiger partial charge >= 0.3 is 0 Å². The average Bonchev–Trinajstić information content (AvgIpc) is 2.27. The molecule has 0 saturated heterocycles. The molecule has 0 atom stereocenters. The summed E-state index contributed by atoms with van der Waals surface area (Å²) in [6, 6.07) is 11.7. The summed E-state index contributed by atoms with van der Waals surface area (Å²) in [7, 11) is 0. The van der Waals surface area contributed by atoms with Crippen molar-refractivity contribution < 1.29 is 4.79 Å². The van der Waals surface area contributed by atoms with Gasteiger partial charge in [-0.3, -0.25) is 4.79 Å². The quantitative estimate of drug-likeness (QED) is 0.728. The van der Waals surface area contributed by atoms with Gasteiger partial charge in [0.1, 0.15) is 0 Å². The van der Waals surface area contributed by atoms with E-state index in [0.717, 1.165) is 22.6 Å². The molecule has 0 bridgehead atoms. The number of benzene rings is 2. The third-order valence-corrected chi connectivity index (χ3v) is 2.40. The molecular formula is C12H11NO. The van der Waals surface area contributed by atoms with E-state index < -0.39 is 0 Å². The first kappa shape index (κ1) is 8.91. The highest BCUT2D eigenvalue weighted by Crippen LogP contribution is 2.20. The maximum absolute atomic E-state index is 10.9. The van der Waals surface area contributed by atoms with Crippen LogP contribution >= 0.6 is 0 Å². The number of carbonyl (C=O) groups is 1. The van der Waals surface area contributed by atoms with Crippen molar-refractivity contribution in [2.75, 3.05) is 0 Å². The summed E-state index contributed by atoms with van der Waals surface area (Å²) in [4.78, 5) is 10.9. The summed E-state index contributed by atoms with van der Waals surface area (Å²) in [5, 5.41) is 2.05. The van der Waals surface area contributed by atoms with Crippen LogP contribution in [0.15, 0.2) is 36.4 Å². The number of carbonyl (C=O) groups excluding carboxylic acids is 1. The van der Waals surface area contributed by atoms with Gasteiger partial charge in [0.05, 0.1) is 0 Å². The van der Waals surface area contributed by atoms with E-state index >= 15 is 0 Å². The second-order valence-electron chi connectivity index (χ2n) is 3.18. The van der Waals surface area contributed by atoms with Gasteiger partial charge in [-0.05, 0) is 16.3 Å². The summed E-state index contributed by atoms with van der Waals surface area (Å²) < 4.78 is 0. The molecular weight excluding hydrogens is 174 g/mol. The average molecular weight is 185 g/mol. The third-order valence-electron chi connectivity index (χ3n) is 2.40. The molecule has 0 amide bonds. The molecule has 2 aromatic carbocycles. The normalized spacial score (nSPS) is 10.4. The standard InChI is InChI=1S/C12H11NO/c13-7-10-6-5-9-3-1-2-4-11(9)12(10)8-14/h1-6,8H,7,13H2. The molecule has 0 aliphatic heterocycles. The molecule has 70 valence electrons. The predicted octanol–water partition coefficient (Wildman–Crippen LogP) is 2.11. The van der Waals surface area contributed by atoms with Crippen LogP contribution in [-0.4, -0.2) is 6.29 Å². The van der Waals surface area contributed by atoms with Gasteiger partial charge in [0, 0.05) is 12.1 Å². The second kappa shape index (κ2) is 3.60. The number of hydrogen-bond donors (Lipinski definition) is 1. The lowest BCUT2D eigenvalue weighted by Crippen LogP contribution is -2.01. The van der Waals surface area contributed by atoms with Crippen molar-refractivity contribution in [1.29, 1.82) is 0 Å². The van der Waals surface area contributed by atoms with Crippen LogP contribution in [0.1, 0.15) is 15.9 Å². The van der Waals surface area contributed by atoms with E-state index in [9.17, 15) is 4.79 Å². The van der Waals surface area contributed by atoms with Crippen LogP contribution < -0.4 is 5.73 Å². The van der Waals surface area contributed by atoms with Crippen LogP contribution in [0.2, 0.25) is 0 Å². The first-order valence-electron chi connectivity index (χ1n) is 4.52. The van der Waals surface area contributed by atoms with E-state index in [1.165, 1.54) is 0 Å². The van der Waals surface area contributed by atoms with Crippen molar-refractivity contribution in [2.24, 2.45) is 5.73 Å². The Kier molecular flexibility index (Phi) is 2.29. The molecule has 0 fully saturated rings. The van der Waals surface area contributed by atoms with Gasteiger partial charge in [0.2, 0.25) is 0 Å². The van der Waals surface area contributed by atoms with Crippen LogP contribution in [0.5, 0.6) is 0 Å². The predicted molar refractivity (Wildman–Crippen MR) is 57.2 cm³/mol. The van der Waals surface area contributed by atoms with Crippen LogP contribution in [0.4, 0.5) is 0 Å². The van der Waals surface area contributed by atoms with Crippen molar-refractivity contribution in [3.05, 3.63) is 47.5 Å². The van der Waals surface area contributed by atoms with E-state index in [-0.39, 0.29) is 0 Å². The van der Waals surface area contributed by atoms with Crippen molar-refractivity contribution in [3.63, 3.8) is 0 Å². The minimum Gasteiger partial charge on any atom is -0.326 e. The molecule has 0 aromatic heterocycles. The summed E-state index contributed by atoms with van der Waals surface area (Å²) in [6.45, 7) is 0.402. The molecule has 0 aliphatic carbocycles. The second-order valence-corrected chi connectivity index (χ2v) is 3.18. The fraction of sp³-hybridized carbons (Fsp3) is 0.0833. The number of rotatable bonds is 2. The molecule has 0 radical (unpaired) electrons. The minimum atomic E-state index is 0.402. The Balaban J connectivity index is 2.83. The van der Waals surface area contributed by atoms with Gasteiger partial charge in [-0.25, -0.2) is 0 Å². The van der Waals surface area contributed by atoms with Crippen LogP contribution in [-0.2, 0) is 6.54 Å². The zero-order chi connectivity index (χ0) is 9.97. The number of fused-ring (bicyclic) bond motifs is 1. The molecule has 2 nitrogen and oxygen atoms in total. The lowest BCUT2D eigenvalue weighted by atomic mass is 10.00. The SMILES string of the molecule is NCc1ccc2ccccc2c1C=O. The smallest absolute Gasteiger partial charge is 0.151 e. The zero-order valence-electron chi connectivity index (χ0n) is 7.73. The first-order valence-corrected chi connectivity index (χ1v) is 4.52. The largest absolute Gasteiger partial charge is 0.326 e. The Morgan fingerprint density at radius 1 is 1.14 bits per heavy atom. The van der Waals surface area contributed by atoms with Gasteiger partial charge in [-0.2, -0.15) is 0 Å². The van der Waals surface area contributed by atoms with Gasteiger partial charge in [0.15, 0.2) is 6.29 Å². The molecule has 0 aliphatic rings. The Morgan fingerprint density at radius 3 is 2.64 bits per heavy atom. The lowest BCUT2D eigenvalue weighted by Gasteiger charge is -2.05. The molecule has 2 heteroatoms. The van der Waals surface area contributed by atoms with E-state index in [4.69, 9.17) is 5.73 Å². The molecule has 0 heterocycles. The highest BCUT2D eigenvalue weighted by Gasteiger charge is 2.04. The monoisotopic (exact) mass is 185 g/mol. The Morgan fingerprint density at radius 2 is 1.93 bits per heavy atom. The molecule has 2 aromatic rings. The molecule has 0 unspecified atom stereocenters. The third kappa shape index (κ3) is 1.30. The van der Waals surface area contributed by atoms with Crippen molar-refractivity contribution in [3.8, 4) is 0 Å². The van der Waals surface area contributed by atoms with Gasteiger partial charge in [0.25, 0.3) is 0 Å². The minimum absolute atomic E-state index is 0.402. The van der Waals surface area contributed by atoms with Crippen molar-refractivity contribution in [1.82, 2.24) is 0 Å². The van der Waals surface area contributed by atoms with Crippen LogP contribution in [0.25, 0.3) is 10.8 Å². The molecule has 14 heavy (non-hydrogen) atoms. The molecule has 2 rings (SSSR count). The van der Waals surface area contributed by atoms with Gasteiger partial charge < -0.3 is 5.73 Å². The number of aldehydes is 1. The summed E-state index contributed by atoms with van der Waals surface area (Å²) >= 11 is 0. The fourth-order valence-electron chi connectivity index (χ4n) is 1.66. The Hall–Kier alpha value is -1.67. The summed E-state index contributed by atoms with van der Waals surface area (Å²) in [5.41, 5.74) is 7.17. The topological polar surface area (TPSA) is 43.1 Å². The van der Waals surface area contributed by atoms with Crippen molar-refractivity contribution >= 4 is 17.1 Å². The van der Waals surface area contributed by atoms with E-state index in [0.29, 0.717) is 12.1 Å². The summed E-state index contributed by atoms with van der Waals surface area (Å²) in [6.07, 6.45) is 0.879. The molecule has 0 spiro atoms. The maximum Gasteiger partial charge on any atom is 0.151 e. The van der Waals surface area contributed by atoms with Crippen LogP contribution in [0, 0.1) is 0 Å². The highest BCUT2D eigenvalue weighted by atomic mass is 16.1. The highest BCUT2D eigenvalue weighted by molar-refractivity contribution is 5.99. The maximum atomic E-state index is 10.9. The Labute approximate surface area is 82.3 Å². The first-order chi connectivity index (χ1) is 6.86. The van der Waals surface area contributed by atoms with E-state index in [1.807, 2.05) is 36.4 Å². The zero-order valence-corrected chi connectivity index (χ0v) is 7.73. The van der Waals surface area contributed by atoms with E-state index in [1.54, 1.807) is 0 Å². The van der Waals surface area contributed by atoms with Gasteiger partial charge in [-0.15, -0.1) is 0 Å². The molecule has 2 N–H and O–H groups in total. The number of hydrogen-bond acceptors (Lipinski definition) is 2.